The molecule has 0 radical (unpaired) electrons. The summed E-state index contributed by atoms with van der Waals surface area (Å²) in [5.41, 5.74) is 16.2. The average Bonchev–Trinajstić information content (AvgIpc) is 3.43. The first-order chi connectivity index (χ1) is 22.8. The van der Waals surface area contributed by atoms with Crippen molar-refractivity contribution < 1.29 is 0 Å². The van der Waals surface area contributed by atoms with E-state index in [2.05, 4.69) is 157 Å². The molecule has 7 aromatic rings. The normalized spacial score (nSPS) is 13.3. The lowest BCUT2D eigenvalue weighted by Crippen LogP contribution is -2.36. The smallest absolute Gasteiger partial charge is 0.0991 e. The van der Waals surface area contributed by atoms with Gasteiger partial charge >= 0.3 is 0 Å². The first-order valence-corrected chi connectivity index (χ1v) is 15.7. The first kappa shape index (κ1) is 26.3. The van der Waals surface area contributed by atoms with E-state index in [0.717, 1.165) is 16.8 Å². The van der Waals surface area contributed by atoms with Crippen molar-refractivity contribution in [1.82, 2.24) is 0 Å². The molecule has 2 aliphatic rings. The second-order valence-corrected chi connectivity index (χ2v) is 12.0. The summed E-state index contributed by atoms with van der Waals surface area (Å²) in [5, 5.41) is 9.22. The lowest BCUT2D eigenvalue weighted by molar-refractivity contribution is 0.753. The van der Waals surface area contributed by atoms with E-state index in [1.807, 2.05) is 24.3 Å². The van der Waals surface area contributed by atoms with Crippen LogP contribution in [0.15, 0.2) is 170 Å². The fraction of sp³-hybridized carbons (Fsp3) is 0.0227. The van der Waals surface area contributed by atoms with E-state index in [1.54, 1.807) is 0 Å². The van der Waals surface area contributed by atoms with Gasteiger partial charge in [0.1, 0.15) is 0 Å². The van der Waals surface area contributed by atoms with Crippen LogP contribution >= 0.6 is 0 Å². The molecule has 2 heteroatoms. The van der Waals surface area contributed by atoms with Crippen LogP contribution in [0.5, 0.6) is 0 Å². The minimum Gasteiger partial charge on any atom is -0.310 e. The van der Waals surface area contributed by atoms with Crippen molar-refractivity contribution in [3.63, 3.8) is 0 Å². The molecule has 0 aromatic heterocycles. The maximum absolute atomic E-state index is 9.22. The summed E-state index contributed by atoms with van der Waals surface area (Å²) in [6.07, 6.45) is 0. The highest BCUT2D eigenvalue weighted by atomic mass is 15.2. The van der Waals surface area contributed by atoms with E-state index >= 15 is 0 Å². The molecule has 0 N–H and O–H groups in total. The molecule has 46 heavy (non-hydrogen) atoms. The van der Waals surface area contributed by atoms with Crippen molar-refractivity contribution in [2.75, 3.05) is 4.90 Å². The largest absolute Gasteiger partial charge is 0.310 e. The molecule has 214 valence electrons. The number of hydrogen-bond acceptors (Lipinski definition) is 2. The van der Waals surface area contributed by atoms with Crippen molar-refractivity contribution in [2.45, 2.75) is 5.41 Å². The molecule has 0 amide bonds. The minimum atomic E-state index is -0.469. The number of fused-ring (bicyclic) bond motifs is 9. The van der Waals surface area contributed by atoms with E-state index in [0.29, 0.717) is 5.56 Å². The minimum absolute atomic E-state index is 0.469. The summed E-state index contributed by atoms with van der Waals surface area (Å²) in [5.74, 6) is 0. The standard InChI is InChI=1S/C44H28N2/c45-29-30-21-23-31(24-22-30)32-25-27-33(28-26-32)35-14-10-18-40-43(35)36-13-4-5-15-37(36)44(40)38-16-6-8-19-41(38)46(34-11-2-1-3-12-34)42-20-9-7-17-39(42)44/h1-28H. The number of nitrogens with zero attached hydrogens (tertiary/aromatic N) is 2. The molecule has 1 heterocycles. The number of para-hydroxylation sites is 3. The van der Waals surface area contributed by atoms with Gasteiger partial charge < -0.3 is 4.90 Å². The topological polar surface area (TPSA) is 27.0 Å². The summed E-state index contributed by atoms with van der Waals surface area (Å²) < 4.78 is 0. The molecular weight excluding hydrogens is 556 g/mol. The highest BCUT2D eigenvalue weighted by Gasteiger charge is 2.52. The number of benzene rings is 7. The summed E-state index contributed by atoms with van der Waals surface area (Å²) in [7, 11) is 0. The van der Waals surface area contributed by atoms with Gasteiger partial charge in [-0.25, -0.2) is 0 Å². The van der Waals surface area contributed by atoms with E-state index in [-0.39, 0.29) is 0 Å². The van der Waals surface area contributed by atoms with Gasteiger partial charge in [-0.05, 0) is 92.0 Å². The predicted octanol–water partition coefficient (Wildman–Crippen LogP) is 11.0. The van der Waals surface area contributed by atoms with E-state index in [9.17, 15) is 5.26 Å². The monoisotopic (exact) mass is 584 g/mol. The summed E-state index contributed by atoms with van der Waals surface area (Å²) in [4.78, 5) is 2.42. The molecule has 1 aliphatic heterocycles. The molecule has 0 unspecified atom stereocenters. The molecule has 9 rings (SSSR count). The van der Waals surface area contributed by atoms with Gasteiger partial charge in [-0.1, -0.05) is 133 Å². The van der Waals surface area contributed by atoms with Gasteiger partial charge in [-0.15, -0.1) is 0 Å². The zero-order chi connectivity index (χ0) is 30.7. The fourth-order valence-electron chi connectivity index (χ4n) is 7.83. The Morgan fingerprint density at radius 3 is 1.57 bits per heavy atom. The predicted molar refractivity (Wildman–Crippen MR) is 188 cm³/mol. The van der Waals surface area contributed by atoms with Gasteiger partial charge in [0.05, 0.1) is 28.4 Å². The summed E-state index contributed by atoms with van der Waals surface area (Å²) in [6, 6.07) is 63.2. The first-order valence-electron chi connectivity index (χ1n) is 15.7. The van der Waals surface area contributed by atoms with Gasteiger partial charge in [0.2, 0.25) is 0 Å². The molecule has 2 nitrogen and oxygen atoms in total. The lowest BCUT2D eigenvalue weighted by atomic mass is 9.64. The molecule has 0 atom stereocenters. The van der Waals surface area contributed by atoms with Gasteiger partial charge in [-0.2, -0.15) is 5.26 Å². The van der Waals surface area contributed by atoms with Crippen LogP contribution in [0, 0.1) is 11.3 Å². The molecule has 0 fully saturated rings. The number of nitriles is 1. The molecular formula is C44H28N2. The number of hydrogen-bond donors (Lipinski definition) is 0. The van der Waals surface area contributed by atoms with Crippen LogP contribution in [-0.4, -0.2) is 0 Å². The second-order valence-electron chi connectivity index (χ2n) is 12.0. The average molecular weight is 585 g/mol. The highest BCUT2D eigenvalue weighted by molar-refractivity contribution is 6.00. The third kappa shape index (κ3) is 3.63. The number of rotatable bonds is 3. The Morgan fingerprint density at radius 2 is 0.913 bits per heavy atom. The third-order valence-corrected chi connectivity index (χ3v) is 9.72. The van der Waals surface area contributed by atoms with Crippen LogP contribution in [0.1, 0.15) is 27.8 Å². The lowest BCUT2D eigenvalue weighted by Gasteiger charge is -2.45. The SMILES string of the molecule is N#Cc1ccc(-c2ccc(-c3cccc4c3-c3ccccc3C43c4ccccc4N(c4ccccc4)c4ccccc43)cc2)cc1. The van der Waals surface area contributed by atoms with Crippen molar-refractivity contribution in [1.29, 1.82) is 5.26 Å². The van der Waals surface area contributed by atoms with E-state index in [4.69, 9.17) is 0 Å². The van der Waals surface area contributed by atoms with E-state index in [1.165, 1.54) is 55.9 Å². The van der Waals surface area contributed by atoms with Crippen molar-refractivity contribution in [3.05, 3.63) is 198 Å². The van der Waals surface area contributed by atoms with Crippen LogP contribution in [-0.2, 0) is 5.41 Å². The Hall–Kier alpha value is -6.17. The molecule has 0 saturated heterocycles. The molecule has 7 aromatic carbocycles. The zero-order valence-electron chi connectivity index (χ0n) is 25.1. The number of anilines is 3. The van der Waals surface area contributed by atoms with Gasteiger partial charge in [0.15, 0.2) is 0 Å². The highest BCUT2D eigenvalue weighted by Crippen LogP contribution is 2.64. The quantitative estimate of drug-likeness (QED) is 0.207. The van der Waals surface area contributed by atoms with Gasteiger partial charge in [0, 0.05) is 5.69 Å². The maximum Gasteiger partial charge on any atom is 0.0991 e. The molecule has 0 bridgehead atoms. The van der Waals surface area contributed by atoms with Crippen molar-refractivity contribution in [2.24, 2.45) is 0 Å². The van der Waals surface area contributed by atoms with Crippen LogP contribution in [0.2, 0.25) is 0 Å². The summed E-state index contributed by atoms with van der Waals surface area (Å²) >= 11 is 0. The van der Waals surface area contributed by atoms with Gasteiger partial charge in [0.25, 0.3) is 0 Å². The third-order valence-electron chi connectivity index (χ3n) is 9.72. The molecule has 1 aliphatic carbocycles. The van der Waals surface area contributed by atoms with Crippen LogP contribution in [0.3, 0.4) is 0 Å². The van der Waals surface area contributed by atoms with Crippen LogP contribution in [0.25, 0.3) is 33.4 Å². The Kier molecular flexibility index (Phi) is 5.82. The Bertz CT molecular complexity index is 2260. The maximum atomic E-state index is 9.22. The Labute approximate surface area is 269 Å². The van der Waals surface area contributed by atoms with E-state index < -0.39 is 5.41 Å². The fourth-order valence-corrected chi connectivity index (χ4v) is 7.83. The zero-order valence-corrected chi connectivity index (χ0v) is 25.1. The Morgan fingerprint density at radius 1 is 0.413 bits per heavy atom. The van der Waals surface area contributed by atoms with Gasteiger partial charge in [-0.3, -0.25) is 0 Å². The van der Waals surface area contributed by atoms with Crippen LogP contribution in [0.4, 0.5) is 17.1 Å². The Balaban J connectivity index is 1.29. The van der Waals surface area contributed by atoms with Crippen molar-refractivity contribution in [3.8, 4) is 39.4 Å². The molecule has 0 saturated carbocycles. The summed E-state index contributed by atoms with van der Waals surface area (Å²) in [6.45, 7) is 0. The second kappa shape index (κ2) is 10.2. The van der Waals surface area contributed by atoms with Crippen LogP contribution < -0.4 is 4.90 Å². The molecule has 1 spiro atoms. The van der Waals surface area contributed by atoms with Crippen molar-refractivity contribution >= 4 is 17.1 Å².